The number of hydrogen-bond donors (Lipinski definition) is 1. The van der Waals surface area contributed by atoms with Crippen molar-refractivity contribution >= 4 is 28.5 Å². The molecule has 1 N–H and O–H groups in total. The van der Waals surface area contributed by atoms with Gasteiger partial charge in [-0.25, -0.2) is 4.68 Å². The van der Waals surface area contributed by atoms with E-state index in [4.69, 9.17) is 9.47 Å². The van der Waals surface area contributed by atoms with Crippen molar-refractivity contribution in [1.29, 1.82) is 0 Å². The van der Waals surface area contributed by atoms with Gasteiger partial charge >= 0.3 is 0 Å². The lowest BCUT2D eigenvalue weighted by Crippen LogP contribution is -2.45. The highest BCUT2D eigenvalue weighted by molar-refractivity contribution is 6.01. The van der Waals surface area contributed by atoms with Crippen LogP contribution in [0.5, 0.6) is 11.5 Å². The van der Waals surface area contributed by atoms with Crippen LogP contribution in [-0.2, 0) is 22.7 Å². The van der Waals surface area contributed by atoms with Crippen molar-refractivity contribution in [3.63, 3.8) is 0 Å². The summed E-state index contributed by atoms with van der Waals surface area (Å²) < 4.78 is 12.2. The molecule has 9 nitrogen and oxygen atoms in total. The topological polar surface area (TPSA) is 98.6 Å². The lowest BCUT2D eigenvalue weighted by atomic mass is 10.0. The van der Waals surface area contributed by atoms with E-state index in [1.165, 1.54) is 4.90 Å². The monoisotopic (exact) mass is 535 g/mol. The molecule has 40 heavy (non-hydrogen) atoms. The lowest BCUT2D eigenvalue weighted by molar-refractivity contribution is -0.127. The van der Waals surface area contributed by atoms with Crippen LogP contribution in [0.1, 0.15) is 17.2 Å². The van der Waals surface area contributed by atoms with E-state index in [9.17, 15) is 9.59 Å². The number of nitrogens with one attached hydrogen (secondary N) is 1. The second-order valence-corrected chi connectivity index (χ2v) is 9.08. The number of fused-ring (bicyclic) bond motifs is 1. The molecule has 0 spiro atoms. The van der Waals surface area contributed by atoms with Gasteiger partial charge in [0.15, 0.2) is 0 Å². The van der Waals surface area contributed by atoms with Gasteiger partial charge in [0.2, 0.25) is 11.8 Å². The van der Waals surface area contributed by atoms with Crippen LogP contribution in [0, 0.1) is 0 Å². The second kappa shape index (κ2) is 12.1. The highest BCUT2D eigenvalue weighted by atomic mass is 16.5. The summed E-state index contributed by atoms with van der Waals surface area (Å²) in [5, 5.41) is 11.4. The first-order valence-electron chi connectivity index (χ1n) is 12.8. The molecule has 0 fully saturated rings. The van der Waals surface area contributed by atoms with Gasteiger partial charge in [0, 0.05) is 12.2 Å². The molecular formula is C31H29N5O4. The molecule has 5 aromatic rings. The third kappa shape index (κ3) is 5.78. The van der Waals surface area contributed by atoms with Gasteiger partial charge in [-0.15, -0.1) is 5.10 Å². The first kappa shape index (κ1) is 26.4. The number of anilines is 1. The number of carbonyl (C=O) groups is 2. The molecule has 1 aromatic heterocycles. The van der Waals surface area contributed by atoms with Gasteiger partial charge in [0.25, 0.3) is 0 Å². The Kier molecular flexibility index (Phi) is 8.01. The van der Waals surface area contributed by atoms with Crippen LogP contribution in [0.25, 0.3) is 11.0 Å². The van der Waals surface area contributed by atoms with Crippen LogP contribution < -0.4 is 19.7 Å². The third-order valence-electron chi connectivity index (χ3n) is 6.57. The Morgan fingerprint density at radius 1 is 0.825 bits per heavy atom. The Bertz CT molecular complexity index is 1580. The number of rotatable bonds is 10. The first-order valence-corrected chi connectivity index (χ1v) is 12.8. The van der Waals surface area contributed by atoms with E-state index < -0.39 is 6.04 Å². The fraction of sp³-hybridized carbons (Fsp3) is 0.161. The summed E-state index contributed by atoms with van der Waals surface area (Å²) in [6.07, 6.45) is 0. The minimum atomic E-state index is -0.981. The van der Waals surface area contributed by atoms with Gasteiger partial charge < -0.3 is 14.8 Å². The van der Waals surface area contributed by atoms with E-state index in [2.05, 4.69) is 15.6 Å². The van der Waals surface area contributed by atoms with Crippen LogP contribution in [0.4, 0.5) is 5.69 Å². The van der Waals surface area contributed by atoms with E-state index in [0.29, 0.717) is 34.8 Å². The number of hydrogen-bond acceptors (Lipinski definition) is 6. The van der Waals surface area contributed by atoms with Gasteiger partial charge in [-0.2, -0.15) is 0 Å². The molecule has 9 heteroatoms. The van der Waals surface area contributed by atoms with E-state index in [-0.39, 0.29) is 18.4 Å². The highest BCUT2D eigenvalue weighted by Gasteiger charge is 2.33. The predicted molar refractivity (Wildman–Crippen MR) is 152 cm³/mol. The maximum atomic E-state index is 14.1. The summed E-state index contributed by atoms with van der Waals surface area (Å²) in [7, 11) is 3.15. The van der Waals surface area contributed by atoms with E-state index in [1.54, 1.807) is 67.4 Å². The van der Waals surface area contributed by atoms with Gasteiger partial charge in [-0.3, -0.25) is 14.5 Å². The zero-order chi connectivity index (χ0) is 27.9. The largest absolute Gasteiger partial charge is 0.497 e. The zero-order valence-corrected chi connectivity index (χ0v) is 22.2. The molecule has 0 aliphatic carbocycles. The van der Waals surface area contributed by atoms with Crippen LogP contribution >= 0.6 is 0 Å². The number of para-hydroxylation sites is 1. The van der Waals surface area contributed by atoms with Crippen LogP contribution in [0.15, 0.2) is 103 Å². The summed E-state index contributed by atoms with van der Waals surface area (Å²) >= 11 is 0. The average Bonchev–Trinajstić information content (AvgIpc) is 3.41. The Labute approximate surface area is 231 Å². The second-order valence-electron chi connectivity index (χ2n) is 9.08. The number of benzene rings is 4. The van der Waals surface area contributed by atoms with Crippen LogP contribution in [-0.4, -0.2) is 41.0 Å². The molecule has 1 unspecified atom stereocenters. The molecule has 202 valence electrons. The molecule has 1 atom stereocenters. The Balaban J connectivity index is 1.55. The number of nitrogens with zero attached hydrogens (tertiary/aromatic N) is 4. The smallest absolute Gasteiger partial charge is 0.249 e. The molecule has 0 aliphatic rings. The number of ether oxygens (including phenoxy) is 2. The number of aromatic nitrogens is 3. The van der Waals surface area contributed by atoms with E-state index >= 15 is 0 Å². The molecule has 4 aromatic carbocycles. The van der Waals surface area contributed by atoms with Crippen molar-refractivity contribution in [3.05, 3.63) is 114 Å². The molecule has 0 saturated heterocycles. The minimum Gasteiger partial charge on any atom is -0.497 e. The highest BCUT2D eigenvalue weighted by Crippen LogP contribution is 2.31. The number of methoxy groups -OCH3 is 2. The standard InChI is InChI=1S/C31H29N5O4/c1-39-25-16-12-23(13-17-25)30(31(38)32-20-22-8-4-3-5-9-22)36(24-14-18-26(40-2)19-15-24)29(37)21-35-28-11-7-6-10-27(28)33-34-35/h3-19,30H,20-21H2,1-2H3,(H,32,38). The Morgan fingerprint density at radius 2 is 1.45 bits per heavy atom. The fourth-order valence-corrected chi connectivity index (χ4v) is 4.50. The zero-order valence-electron chi connectivity index (χ0n) is 22.2. The molecule has 5 rings (SSSR count). The predicted octanol–water partition coefficient (Wildman–Crippen LogP) is 4.54. The Morgan fingerprint density at radius 3 is 2.12 bits per heavy atom. The average molecular weight is 536 g/mol. The van der Waals surface area contributed by atoms with Crippen molar-refractivity contribution in [3.8, 4) is 11.5 Å². The molecule has 1 heterocycles. The van der Waals surface area contributed by atoms with Crippen LogP contribution in [0.2, 0.25) is 0 Å². The molecule has 0 saturated carbocycles. The van der Waals surface area contributed by atoms with E-state index in [1.807, 2.05) is 54.6 Å². The summed E-state index contributed by atoms with van der Waals surface area (Å²) in [6.45, 7) is 0.190. The normalized spacial score (nSPS) is 11.6. The quantitative estimate of drug-likeness (QED) is 0.282. The molecule has 0 aliphatic heterocycles. The van der Waals surface area contributed by atoms with Crippen molar-refractivity contribution in [2.45, 2.75) is 19.1 Å². The summed E-state index contributed by atoms with van der Waals surface area (Å²) in [5.74, 6) is 0.606. The van der Waals surface area contributed by atoms with Crippen LogP contribution in [0.3, 0.4) is 0 Å². The van der Waals surface area contributed by atoms with Gasteiger partial charge in [-0.05, 0) is 59.7 Å². The fourth-order valence-electron chi connectivity index (χ4n) is 4.50. The third-order valence-corrected chi connectivity index (χ3v) is 6.57. The molecule has 0 bridgehead atoms. The number of carbonyl (C=O) groups excluding carboxylic acids is 2. The van der Waals surface area contributed by atoms with Crippen molar-refractivity contribution in [2.24, 2.45) is 0 Å². The molecule has 2 amide bonds. The van der Waals surface area contributed by atoms with Gasteiger partial charge in [-0.1, -0.05) is 59.8 Å². The Hall–Kier alpha value is -5.18. The van der Waals surface area contributed by atoms with Gasteiger partial charge in [0.1, 0.15) is 29.6 Å². The van der Waals surface area contributed by atoms with E-state index in [0.717, 1.165) is 11.1 Å². The summed E-state index contributed by atoms with van der Waals surface area (Å²) in [6, 6.07) is 30.2. The van der Waals surface area contributed by atoms with Crippen molar-refractivity contribution in [2.75, 3.05) is 19.1 Å². The summed E-state index contributed by atoms with van der Waals surface area (Å²) in [4.78, 5) is 29.6. The number of amides is 2. The maximum absolute atomic E-state index is 14.1. The maximum Gasteiger partial charge on any atom is 0.249 e. The lowest BCUT2D eigenvalue weighted by Gasteiger charge is -2.32. The molecular weight excluding hydrogens is 506 g/mol. The SMILES string of the molecule is COc1ccc(C(C(=O)NCc2ccccc2)N(C(=O)Cn2nnc3ccccc32)c2ccc(OC)cc2)cc1. The van der Waals surface area contributed by atoms with Crippen molar-refractivity contribution in [1.82, 2.24) is 20.3 Å². The minimum absolute atomic E-state index is 0.120. The molecule has 0 radical (unpaired) electrons. The first-order chi connectivity index (χ1) is 19.6. The summed E-state index contributed by atoms with van der Waals surface area (Å²) in [5.41, 5.74) is 3.50. The van der Waals surface area contributed by atoms with Gasteiger partial charge in [0.05, 0.1) is 19.7 Å². The van der Waals surface area contributed by atoms with Crippen molar-refractivity contribution < 1.29 is 19.1 Å².